The molecule has 0 heterocycles. The van der Waals surface area contributed by atoms with Gasteiger partial charge in [-0.25, -0.2) is 4.79 Å². The molecule has 0 aromatic heterocycles. The van der Waals surface area contributed by atoms with E-state index in [4.69, 9.17) is 28.3 Å². The number of halogens is 2. The van der Waals surface area contributed by atoms with Gasteiger partial charge in [0, 0.05) is 16.1 Å². The molecule has 0 fully saturated rings. The van der Waals surface area contributed by atoms with E-state index in [1.165, 1.54) is 24.3 Å². The molecular weight excluding hydrogens is 303 g/mol. The van der Waals surface area contributed by atoms with E-state index in [0.29, 0.717) is 5.02 Å². The van der Waals surface area contributed by atoms with Gasteiger partial charge in [0.25, 0.3) is 0 Å². The highest BCUT2D eigenvalue weighted by atomic mass is 35.5. The molecule has 0 atom stereocenters. The van der Waals surface area contributed by atoms with Gasteiger partial charge >= 0.3 is 5.97 Å². The number of carbonyl (C=O) groups excluding carboxylic acids is 1. The zero-order chi connectivity index (χ0) is 14.9. The smallest absolute Gasteiger partial charge is 0.339 e. The van der Waals surface area contributed by atoms with Crippen LogP contribution in [0.5, 0.6) is 5.75 Å². The van der Waals surface area contributed by atoms with Crippen LogP contribution >= 0.6 is 23.2 Å². The molecular formula is C14H8Cl2O4. The number of phenols is 1. The minimum atomic E-state index is -1.32. The fourth-order valence-corrected chi connectivity index (χ4v) is 2.17. The van der Waals surface area contributed by atoms with Crippen LogP contribution in [0.25, 0.3) is 0 Å². The molecule has 0 amide bonds. The van der Waals surface area contributed by atoms with Crippen LogP contribution in [0.15, 0.2) is 36.4 Å². The van der Waals surface area contributed by atoms with Crippen molar-refractivity contribution in [2.24, 2.45) is 0 Å². The van der Waals surface area contributed by atoms with E-state index >= 15 is 0 Å². The summed E-state index contributed by atoms with van der Waals surface area (Å²) in [6, 6.07) is 7.98. The lowest BCUT2D eigenvalue weighted by atomic mass is 10.0. The van der Waals surface area contributed by atoms with Gasteiger partial charge in [-0.05, 0) is 36.4 Å². The molecule has 2 N–H and O–H groups in total. The molecule has 2 rings (SSSR count). The third kappa shape index (κ3) is 2.76. The van der Waals surface area contributed by atoms with Crippen molar-refractivity contribution in [3.63, 3.8) is 0 Å². The van der Waals surface area contributed by atoms with Crippen molar-refractivity contribution in [2.75, 3.05) is 0 Å². The second-order valence-corrected chi connectivity index (χ2v) is 4.83. The molecule has 0 aliphatic carbocycles. The van der Waals surface area contributed by atoms with Crippen LogP contribution in [-0.4, -0.2) is 22.0 Å². The molecule has 0 unspecified atom stereocenters. The average Bonchev–Trinajstić information content (AvgIpc) is 2.38. The second-order valence-electron chi connectivity index (χ2n) is 3.99. The first-order chi connectivity index (χ1) is 9.40. The van der Waals surface area contributed by atoms with E-state index in [1.54, 1.807) is 0 Å². The maximum absolute atomic E-state index is 12.3. The normalized spacial score (nSPS) is 10.3. The van der Waals surface area contributed by atoms with Gasteiger partial charge in [-0.15, -0.1) is 0 Å². The minimum Gasteiger partial charge on any atom is -0.507 e. The van der Waals surface area contributed by atoms with Crippen molar-refractivity contribution in [3.05, 3.63) is 63.1 Å². The highest BCUT2D eigenvalue weighted by Crippen LogP contribution is 2.25. The highest BCUT2D eigenvalue weighted by molar-refractivity contribution is 6.37. The van der Waals surface area contributed by atoms with Crippen LogP contribution in [0.1, 0.15) is 26.3 Å². The Morgan fingerprint density at radius 3 is 2.25 bits per heavy atom. The number of carbonyl (C=O) groups is 2. The molecule has 0 spiro atoms. The number of benzene rings is 2. The zero-order valence-corrected chi connectivity index (χ0v) is 11.4. The van der Waals surface area contributed by atoms with Crippen molar-refractivity contribution < 1.29 is 19.8 Å². The van der Waals surface area contributed by atoms with Gasteiger partial charge in [-0.1, -0.05) is 23.2 Å². The van der Waals surface area contributed by atoms with Crippen LogP contribution in [0, 0.1) is 0 Å². The van der Waals surface area contributed by atoms with Crippen LogP contribution in [0.3, 0.4) is 0 Å². The molecule has 2 aromatic rings. The fraction of sp³-hybridized carbons (Fsp3) is 0. The van der Waals surface area contributed by atoms with Crippen LogP contribution in [0.2, 0.25) is 10.0 Å². The second kappa shape index (κ2) is 5.53. The summed E-state index contributed by atoms with van der Waals surface area (Å²) in [7, 11) is 0. The van der Waals surface area contributed by atoms with Crippen molar-refractivity contribution in [1.29, 1.82) is 0 Å². The van der Waals surface area contributed by atoms with Gasteiger partial charge in [-0.3, -0.25) is 4.79 Å². The number of carboxylic acid groups (broad SMARTS) is 1. The standard InChI is InChI=1S/C14H8Cl2O4/c15-8-2-3-9(11(16)6-8)13(18)7-1-4-12(17)10(5-7)14(19)20/h1-6,17H,(H,19,20). The maximum Gasteiger partial charge on any atom is 0.339 e. The third-order valence-corrected chi connectivity index (χ3v) is 3.21. The number of ketones is 1. The summed E-state index contributed by atoms with van der Waals surface area (Å²) in [6.07, 6.45) is 0. The summed E-state index contributed by atoms with van der Waals surface area (Å²) in [6.45, 7) is 0. The van der Waals surface area contributed by atoms with Crippen molar-refractivity contribution in [1.82, 2.24) is 0 Å². The van der Waals surface area contributed by atoms with Gasteiger partial charge < -0.3 is 10.2 Å². The minimum absolute atomic E-state index is 0.115. The Morgan fingerprint density at radius 1 is 0.950 bits per heavy atom. The van der Waals surface area contributed by atoms with Gasteiger partial charge in [-0.2, -0.15) is 0 Å². The number of aromatic hydroxyl groups is 1. The van der Waals surface area contributed by atoms with Crippen LogP contribution in [0.4, 0.5) is 0 Å². The van der Waals surface area contributed by atoms with E-state index < -0.39 is 17.5 Å². The Bertz CT molecular complexity index is 710. The first kappa shape index (κ1) is 14.4. The maximum atomic E-state index is 12.3. The lowest BCUT2D eigenvalue weighted by molar-refractivity contribution is 0.0693. The van der Waals surface area contributed by atoms with Gasteiger partial charge in [0.15, 0.2) is 5.78 Å². The first-order valence-electron chi connectivity index (χ1n) is 5.46. The molecule has 6 heteroatoms. The Balaban J connectivity index is 2.48. The Labute approximate surface area is 124 Å². The van der Waals surface area contributed by atoms with E-state index in [2.05, 4.69) is 0 Å². The number of hydrogen-bond donors (Lipinski definition) is 2. The summed E-state index contributed by atoms with van der Waals surface area (Å²) >= 11 is 11.7. The highest BCUT2D eigenvalue weighted by Gasteiger charge is 2.17. The largest absolute Gasteiger partial charge is 0.507 e. The number of rotatable bonds is 3. The third-order valence-electron chi connectivity index (χ3n) is 2.66. The number of aromatic carboxylic acids is 1. The summed E-state index contributed by atoms with van der Waals surface area (Å²) in [4.78, 5) is 23.2. The SMILES string of the molecule is O=C(O)c1cc(C(=O)c2ccc(Cl)cc2Cl)ccc1O. The van der Waals surface area contributed by atoms with Crippen molar-refractivity contribution in [3.8, 4) is 5.75 Å². The predicted octanol–water partition coefficient (Wildman–Crippen LogP) is 3.63. The molecule has 0 radical (unpaired) electrons. The quantitative estimate of drug-likeness (QED) is 0.849. The summed E-state index contributed by atoms with van der Waals surface area (Å²) < 4.78 is 0. The molecule has 0 bridgehead atoms. The topological polar surface area (TPSA) is 74.6 Å². The van der Waals surface area contributed by atoms with E-state index in [0.717, 1.165) is 12.1 Å². The molecule has 0 aliphatic rings. The molecule has 0 saturated heterocycles. The molecule has 2 aromatic carbocycles. The Morgan fingerprint density at radius 2 is 1.65 bits per heavy atom. The lowest BCUT2D eigenvalue weighted by Crippen LogP contribution is -2.05. The van der Waals surface area contributed by atoms with Crippen molar-refractivity contribution >= 4 is 35.0 Å². The van der Waals surface area contributed by atoms with Crippen LogP contribution in [-0.2, 0) is 0 Å². The summed E-state index contributed by atoms with van der Waals surface area (Å²) in [5, 5.41) is 18.9. The molecule has 102 valence electrons. The molecule has 20 heavy (non-hydrogen) atoms. The molecule has 0 saturated carbocycles. The predicted molar refractivity (Wildman–Crippen MR) is 75.0 cm³/mol. The summed E-state index contributed by atoms with van der Waals surface area (Å²) in [5.41, 5.74) is -0.0246. The zero-order valence-electron chi connectivity index (χ0n) is 9.93. The van der Waals surface area contributed by atoms with E-state index in [1.807, 2.05) is 0 Å². The summed E-state index contributed by atoms with van der Waals surface area (Å²) in [5.74, 6) is -2.18. The average molecular weight is 311 g/mol. The monoisotopic (exact) mass is 310 g/mol. The Kier molecular flexibility index (Phi) is 3.97. The molecule has 0 aliphatic heterocycles. The first-order valence-corrected chi connectivity index (χ1v) is 6.22. The van der Waals surface area contributed by atoms with Crippen molar-refractivity contribution in [2.45, 2.75) is 0 Å². The van der Waals surface area contributed by atoms with E-state index in [9.17, 15) is 14.7 Å². The van der Waals surface area contributed by atoms with E-state index in [-0.39, 0.29) is 21.7 Å². The fourth-order valence-electron chi connectivity index (χ4n) is 1.68. The van der Waals surface area contributed by atoms with Crippen LogP contribution < -0.4 is 0 Å². The number of carboxylic acids is 1. The van der Waals surface area contributed by atoms with Gasteiger partial charge in [0.05, 0.1) is 5.02 Å². The molecule has 4 nitrogen and oxygen atoms in total. The van der Waals surface area contributed by atoms with Gasteiger partial charge in [0.1, 0.15) is 11.3 Å². The Hall–Kier alpha value is -2.04. The number of hydrogen-bond acceptors (Lipinski definition) is 3. The van der Waals surface area contributed by atoms with Gasteiger partial charge in [0.2, 0.25) is 0 Å². The lowest BCUT2D eigenvalue weighted by Gasteiger charge is -2.06.